The lowest BCUT2D eigenvalue weighted by Crippen LogP contribution is -2.43. The number of amides is 1. The quantitative estimate of drug-likeness (QED) is 0.830. The Hall–Kier alpha value is -2.10. The van der Waals surface area contributed by atoms with Gasteiger partial charge in [-0.15, -0.1) is 0 Å². The van der Waals surface area contributed by atoms with E-state index in [0.717, 1.165) is 25.1 Å². The van der Waals surface area contributed by atoms with E-state index >= 15 is 0 Å². The van der Waals surface area contributed by atoms with Crippen LogP contribution >= 0.6 is 0 Å². The molecular weight excluding hydrogens is 252 g/mol. The van der Waals surface area contributed by atoms with Gasteiger partial charge in [-0.1, -0.05) is 0 Å². The van der Waals surface area contributed by atoms with Gasteiger partial charge in [-0.2, -0.15) is 18.4 Å². The normalized spacial score (nSPS) is 12.7. The van der Waals surface area contributed by atoms with E-state index in [2.05, 4.69) is 0 Å². The Bertz CT molecular complexity index is 505. The number of alkyl halides is 3. The molecule has 1 N–H and O–H groups in total. The second kappa shape index (κ2) is 5.04. The van der Waals surface area contributed by atoms with Crippen molar-refractivity contribution in [1.82, 2.24) is 5.32 Å². The van der Waals surface area contributed by atoms with E-state index in [4.69, 9.17) is 5.26 Å². The van der Waals surface area contributed by atoms with Crippen LogP contribution < -0.4 is 5.32 Å². The van der Waals surface area contributed by atoms with Gasteiger partial charge in [0.05, 0.1) is 17.2 Å². The summed E-state index contributed by atoms with van der Waals surface area (Å²) in [5.74, 6) is -2.22. The van der Waals surface area contributed by atoms with Crippen LogP contribution in [0.4, 0.5) is 17.6 Å². The molecule has 3 nitrogen and oxygen atoms in total. The predicted molar refractivity (Wildman–Crippen MR) is 54.1 cm³/mol. The molecule has 0 bridgehead atoms. The number of nitriles is 1. The van der Waals surface area contributed by atoms with Crippen molar-refractivity contribution in [2.75, 3.05) is 0 Å². The first-order chi connectivity index (χ1) is 8.25. The Labute approximate surface area is 100 Å². The average molecular weight is 260 g/mol. The third-order valence-electron chi connectivity index (χ3n) is 2.18. The Morgan fingerprint density at radius 2 is 2.06 bits per heavy atom. The molecule has 0 aliphatic rings. The van der Waals surface area contributed by atoms with Crippen LogP contribution in [0.1, 0.15) is 22.8 Å². The molecule has 96 valence electrons. The van der Waals surface area contributed by atoms with Crippen molar-refractivity contribution >= 4 is 5.91 Å². The molecule has 0 aromatic heterocycles. The van der Waals surface area contributed by atoms with Gasteiger partial charge in [0, 0.05) is 0 Å². The van der Waals surface area contributed by atoms with Gasteiger partial charge in [0.1, 0.15) is 11.9 Å². The summed E-state index contributed by atoms with van der Waals surface area (Å²) in [5, 5.41) is 10.1. The van der Waals surface area contributed by atoms with Crippen LogP contribution in [-0.4, -0.2) is 18.1 Å². The largest absolute Gasteiger partial charge is 0.408 e. The fourth-order valence-electron chi connectivity index (χ4n) is 1.13. The van der Waals surface area contributed by atoms with Crippen LogP contribution in [0.25, 0.3) is 0 Å². The summed E-state index contributed by atoms with van der Waals surface area (Å²) in [6.45, 7) is 0.749. The topological polar surface area (TPSA) is 52.9 Å². The van der Waals surface area contributed by atoms with Gasteiger partial charge in [-0.05, 0) is 25.1 Å². The molecule has 7 heteroatoms. The van der Waals surface area contributed by atoms with Gasteiger partial charge in [0.25, 0.3) is 5.91 Å². The van der Waals surface area contributed by atoms with Crippen molar-refractivity contribution in [2.45, 2.75) is 19.1 Å². The van der Waals surface area contributed by atoms with E-state index in [-0.39, 0.29) is 5.56 Å². The molecule has 1 amide bonds. The second-order valence-corrected chi connectivity index (χ2v) is 3.54. The van der Waals surface area contributed by atoms with E-state index in [1.807, 2.05) is 0 Å². The lowest BCUT2D eigenvalue weighted by atomic mass is 10.1. The summed E-state index contributed by atoms with van der Waals surface area (Å²) >= 11 is 0. The maximum absolute atomic E-state index is 13.3. The van der Waals surface area contributed by atoms with Crippen LogP contribution in [0.2, 0.25) is 0 Å². The molecule has 1 aromatic carbocycles. The number of halogens is 4. The van der Waals surface area contributed by atoms with Crippen LogP contribution in [0.5, 0.6) is 0 Å². The van der Waals surface area contributed by atoms with Gasteiger partial charge in [0.15, 0.2) is 0 Å². The van der Waals surface area contributed by atoms with E-state index in [1.54, 1.807) is 11.4 Å². The fraction of sp³-hybridized carbons (Fsp3) is 0.273. The first-order valence-electron chi connectivity index (χ1n) is 4.83. The molecule has 0 saturated carbocycles. The number of rotatable bonds is 2. The molecule has 0 spiro atoms. The van der Waals surface area contributed by atoms with Crippen molar-refractivity contribution in [3.05, 3.63) is 35.1 Å². The van der Waals surface area contributed by atoms with Crippen LogP contribution in [0, 0.1) is 17.1 Å². The van der Waals surface area contributed by atoms with Crippen LogP contribution in [-0.2, 0) is 0 Å². The molecule has 0 fully saturated rings. The molecule has 1 unspecified atom stereocenters. The van der Waals surface area contributed by atoms with Crippen molar-refractivity contribution in [2.24, 2.45) is 0 Å². The number of benzene rings is 1. The van der Waals surface area contributed by atoms with Gasteiger partial charge in [-0.3, -0.25) is 4.79 Å². The van der Waals surface area contributed by atoms with Crippen LogP contribution in [0.15, 0.2) is 18.2 Å². The first kappa shape index (κ1) is 14.0. The zero-order chi connectivity index (χ0) is 13.9. The second-order valence-electron chi connectivity index (χ2n) is 3.54. The van der Waals surface area contributed by atoms with Crippen molar-refractivity contribution in [1.29, 1.82) is 5.26 Å². The molecule has 1 rings (SSSR count). The first-order valence-corrected chi connectivity index (χ1v) is 4.83. The predicted octanol–water partition coefficient (Wildman–Crippen LogP) is 2.38. The van der Waals surface area contributed by atoms with E-state index in [9.17, 15) is 22.4 Å². The zero-order valence-electron chi connectivity index (χ0n) is 9.18. The van der Waals surface area contributed by atoms with Gasteiger partial charge < -0.3 is 5.32 Å². The highest BCUT2D eigenvalue weighted by molar-refractivity contribution is 5.94. The summed E-state index contributed by atoms with van der Waals surface area (Å²) < 4.78 is 49.9. The number of nitrogens with zero attached hydrogens (tertiary/aromatic N) is 1. The van der Waals surface area contributed by atoms with E-state index in [0.29, 0.717) is 0 Å². The van der Waals surface area contributed by atoms with Gasteiger partial charge in [0.2, 0.25) is 0 Å². The Kier molecular flexibility index (Phi) is 3.91. The number of hydrogen-bond donors (Lipinski definition) is 1. The highest BCUT2D eigenvalue weighted by atomic mass is 19.4. The maximum atomic E-state index is 13.3. The lowest BCUT2D eigenvalue weighted by Gasteiger charge is -2.17. The number of carbonyl (C=O) groups is 1. The van der Waals surface area contributed by atoms with Crippen molar-refractivity contribution in [3.8, 4) is 6.07 Å². The molecule has 0 saturated heterocycles. The zero-order valence-corrected chi connectivity index (χ0v) is 9.18. The molecule has 1 aromatic rings. The third kappa shape index (κ3) is 3.20. The Morgan fingerprint density at radius 1 is 1.44 bits per heavy atom. The van der Waals surface area contributed by atoms with Gasteiger partial charge >= 0.3 is 6.18 Å². The van der Waals surface area contributed by atoms with Gasteiger partial charge in [-0.25, -0.2) is 4.39 Å². The highest BCUT2D eigenvalue weighted by Gasteiger charge is 2.37. The van der Waals surface area contributed by atoms with E-state index < -0.39 is 29.5 Å². The maximum Gasteiger partial charge on any atom is 0.408 e. The summed E-state index contributed by atoms with van der Waals surface area (Å²) in [7, 11) is 0. The number of carbonyl (C=O) groups excluding carboxylic acids is 1. The molecule has 1 atom stereocenters. The molecule has 0 aliphatic heterocycles. The standard InChI is InChI=1S/C11H8F4N2O/c1-6(11(13,14)15)17-10(18)8-3-2-7(5-16)4-9(8)12/h2-4,6H,1H3,(H,17,18). The minimum absolute atomic E-state index is 0.0204. The average Bonchev–Trinajstić information content (AvgIpc) is 2.27. The monoisotopic (exact) mass is 260 g/mol. The van der Waals surface area contributed by atoms with E-state index in [1.165, 1.54) is 0 Å². The lowest BCUT2D eigenvalue weighted by molar-refractivity contribution is -0.149. The summed E-state index contributed by atoms with van der Waals surface area (Å²) in [6.07, 6.45) is -4.60. The molecule has 0 radical (unpaired) electrons. The summed E-state index contributed by atoms with van der Waals surface area (Å²) in [4.78, 5) is 11.4. The fourth-order valence-corrected chi connectivity index (χ4v) is 1.13. The Morgan fingerprint density at radius 3 is 2.50 bits per heavy atom. The summed E-state index contributed by atoms with van der Waals surface area (Å²) in [6, 6.07) is 2.46. The minimum Gasteiger partial charge on any atom is -0.340 e. The molecule has 0 heterocycles. The molecule has 18 heavy (non-hydrogen) atoms. The number of nitrogens with one attached hydrogen (secondary N) is 1. The smallest absolute Gasteiger partial charge is 0.340 e. The summed E-state index contributed by atoms with van der Waals surface area (Å²) in [5.41, 5.74) is -0.557. The van der Waals surface area contributed by atoms with Crippen LogP contribution in [0.3, 0.4) is 0 Å². The molecule has 0 aliphatic carbocycles. The third-order valence-corrected chi connectivity index (χ3v) is 2.18. The number of hydrogen-bond acceptors (Lipinski definition) is 2. The van der Waals surface area contributed by atoms with Crippen molar-refractivity contribution < 1.29 is 22.4 Å². The SMILES string of the molecule is CC(NC(=O)c1ccc(C#N)cc1F)C(F)(F)F. The minimum atomic E-state index is -4.60. The van der Waals surface area contributed by atoms with Crippen molar-refractivity contribution in [3.63, 3.8) is 0 Å². The Balaban J connectivity index is 2.90. The molecular formula is C11H8F4N2O. The highest BCUT2D eigenvalue weighted by Crippen LogP contribution is 2.20.